The van der Waals surface area contributed by atoms with E-state index >= 15 is 0 Å². The number of hydrogen-bond acceptors (Lipinski definition) is 4. The van der Waals surface area contributed by atoms with Crippen LogP contribution in [0.15, 0.2) is 47.1 Å². The lowest BCUT2D eigenvalue weighted by atomic mass is 10.1. The van der Waals surface area contributed by atoms with Crippen molar-refractivity contribution in [2.75, 3.05) is 23.9 Å². The van der Waals surface area contributed by atoms with Gasteiger partial charge in [-0.1, -0.05) is 18.2 Å². The minimum Gasteiger partial charge on any atom is -0.459 e. The molecule has 2 aromatic rings. The van der Waals surface area contributed by atoms with Crippen LogP contribution < -0.4 is 4.31 Å². The van der Waals surface area contributed by atoms with Crippen molar-refractivity contribution < 1.29 is 17.6 Å². The molecular formula is C18H20N2O4S. The highest BCUT2D eigenvalue weighted by atomic mass is 32.2. The number of hydrogen-bond donors (Lipinski definition) is 0. The van der Waals surface area contributed by atoms with Crippen molar-refractivity contribution in [3.05, 3.63) is 54.0 Å². The zero-order chi connectivity index (χ0) is 17.4. The van der Waals surface area contributed by atoms with Gasteiger partial charge in [0, 0.05) is 19.6 Å². The predicted molar refractivity (Wildman–Crippen MR) is 94.0 cm³/mol. The summed E-state index contributed by atoms with van der Waals surface area (Å²) in [4.78, 5) is 14.1. The molecule has 4 rings (SSSR count). The summed E-state index contributed by atoms with van der Waals surface area (Å²) >= 11 is 0. The maximum atomic E-state index is 13.2. The monoisotopic (exact) mass is 360 g/mol. The number of rotatable bonds is 3. The molecule has 3 heterocycles. The van der Waals surface area contributed by atoms with Gasteiger partial charge in [0.1, 0.15) is 0 Å². The molecule has 0 bridgehead atoms. The Labute approximate surface area is 147 Å². The number of amides is 1. The highest BCUT2D eigenvalue weighted by Gasteiger charge is 2.39. The Morgan fingerprint density at radius 3 is 2.76 bits per heavy atom. The van der Waals surface area contributed by atoms with E-state index in [4.69, 9.17) is 4.42 Å². The number of fused-ring (bicyclic) bond motifs is 1. The molecule has 0 aliphatic carbocycles. The number of para-hydroxylation sites is 1. The number of carbonyl (C=O) groups excluding carboxylic acids is 1. The molecule has 132 valence electrons. The average molecular weight is 360 g/mol. The lowest BCUT2D eigenvalue weighted by Crippen LogP contribution is -2.49. The third kappa shape index (κ3) is 2.82. The first-order valence-corrected chi connectivity index (χ1v) is 10.00. The highest BCUT2D eigenvalue weighted by Crippen LogP contribution is 2.33. The Morgan fingerprint density at radius 2 is 1.96 bits per heavy atom. The van der Waals surface area contributed by atoms with Gasteiger partial charge < -0.3 is 9.32 Å². The van der Waals surface area contributed by atoms with Crippen LogP contribution in [0.4, 0.5) is 5.69 Å². The van der Waals surface area contributed by atoms with Crippen molar-refractivity contribution >= 4 is 21.6 Å². The number of sulfonamides is 1. The number of benzene rings is 1. The summed E-state index contributed by atoms with van der Waals surface area (Å²) in [6.45, 7) is 1.24. The van der Waals surface area contributed by atoms with E-state index in [0.29, 0.717) is 25.9 Å². The molecule has 0 N–H and O–H groups in total. The van der Waals surface area contributed by atoms with Crippen LogP contribution in [0.2, 0.25) is 0 Å². The molecule has 0 radical (unpaired) electrons. The van der Waals surface area contributed by atoms with Gasteiger partial charge in [-0.15, -0.1) is 0 Å². The second kappa shape index (κ2) is 6.22. The molecule has 1 aromatic heterocycles. The van der Waals surface area contributed by atoms with Gasteiger partial charge in [-0.05, 0) is 43.0 Å². The van der Waals surface area contributed by atoms with Crippen LogP contribution in [0, 0.1) is 0 Å². The van der Waals surface area contributed by atoms with Crippen LogP contribution in [0.25, 0.3) is 0 Å². The van der Waals surface area contributed by atoms with E-state index in [0.717, 1.165) is 17.7 Å². The number of anilines is 1. The summed E-state index contributed by atoms with van der Waals surface area (Å²) in [6.07, 6.45) is 3.43. The Balaban J connectivity index is 1.56. The second-order valence-electron chi connectivity index (χ2n) is 6.49. The standard InChI is InChI=1S/C18H20N2O4S/c21-18(17-8-4-12-24-17)19-10-3-6-15(13-19)25(22,23)20-11-9-14-5-1-2-7-16(14)20/h1-2,4-5,7-8,12,15H,3,6,9-11,13H2/t15-/m1/s1. The Kier molecular flexibility index (Phi) is 4.03. The van der Waals surface area contributed by atoms with Gasteiger partial charge in [0.15, 0.2) is 5.76 Å². The first-order chi connectivity index (χ1) is 12.1. The molecule has 7 heteroatoms. The summed E-state index contributed by atoms with van der Waals surface area (Å²) < 4.78 is 33.0. The van der Waals surface area contributed by atoms with Gasteiger partial charge in [0.2, 0.25) is 10.0 Å². The molecule has 2 aliphatic rings. The number of likely N-dealkylation sites (tertiary alicyclic amines) is 1. The maximum absolute atomic E-state index is 13.2. The Morgan fingerprint density at radius 1 is 1.12 bits per heavy atom. The van der Waals surface area contributed by atoms with Crippen LogP contribution in [-0.2, 0) is 16.4 Å². The molecular weight excluding hydrogens is 340 g/mol. The third-order valence-electron chi connectivity index (χ3n) is 4.97. The molecule has 2 aliphatic heterocycles. The topological polar surface area (TPSA) is 70.8 Å². The smallest absolute Gasteiger partial charge is 0.289 e. The number of furan rings is 1. The van der Waals surface area contributed by atoms with Gasteiger partial charge >= 0.3 is 0 Å². The van der Waals surface area contributed by atoms with Gasteiger partial charge in [0.25, 0.3) is 5.91 Å². The fourth-order valence-electron chi connectivity index (χ4n) is 3.67. The summed E-state index contributed by atoms with van der Waals surface area (Å²) in [5.41, 5.74) is 1.84. The molecule has 1 saturated heterocycles. The van der Waals surface area contributed by atoms with E-state index in [1.54, 1.807) is 17.0 Å². The fourth-order valence-corrected chi connectivity index (χ4v) is 5.66. The lowest BCUT2D eigenvalue weighted by Gasteiger charge is -2.34. The van der Waals surface area contributed by atoms with Crippen LogP contribution in [0.3, 0.4) is 0 Å². The van der Waals surface area contributed by atoms with Crippen molar-refractivity contribution in [3.63, 3.8) is 0 Å². The minimum absolute atomic E-state index is 0.209. The highest BCUT2D eigenvalue weighted by molar-refractivity contribution is 7.93. The van der Waals surface area contributed by atoms with Crippen molar-refractivity contribution in [1.29, 1.82) is 0 Å². The quantitative estimate of drug-likeness (QED) is 0.842. The number of carbonyl (C=O) groups is 1. The Bertz CT molecular complexity index is 876. The summed E-state index contributed by atoms with van der Waals surface area (Å²) in [5, 5.41) is -0.577. The van der Waals surface area contributed by atoms with Crippen molar-refractivity contribution in [2.24, 2.45) is 0 Å². The molecule has 1 atom stereocenters. The fraction of sp³-hybridized carbons (Fsp3) is 0.389. The van der Waals surface area contributed by atoms with E-state index in [-0.39, 0.29) is 18.2 Å². The first kappa shape index (κ1) is 16.2. The van der Waals surface area contributed by atoms with E-state index < -0.39 is 15.3 Å². The van der Waals surface area contributed by atoms with Gasteiger partial charge in [-0.2, -0.15) is 0 Å². The van der Waals surface area contributed by atoms with E-state index in [2.05, 4.69) is 0 Å². The van der Waals surface area contributed by atoms with Crippen LogP contribution in [0.5, 0.6) is 0 Å². The van der Waals surface area contributed by atoms with Crippen LogP contribution in [-0.4, -0.2) is 44.1 Å². The molecule has 1 fully saturated rings. The first-order valence-electron chi connectivity index (χ1n) is 8.49. The van der Waals surface area contributed by atoms with E-state index in [1.807, 2.05) is 24.3 Å². The second-order valence-corrected chi connectivity index (χ2v) is 8.63. The molecule has 1 amide bonds. The Hall–Kier alpha value is -2.28. The van der Waals surface area contributed by atoms with Crippen LogP contribution in [0.1, 0.15) is 29.0 Å². The van der Waals surface area contributed by atoms with Gasteiger partial charge in [-0.3, -0.25) is 9.10 Å². The van der Waals surface area contributed by atoms with Gasteiger partial charge in [-0.25, -0.2) is 8.42 Å². The van der Waals surface area contributed by atoms with Crippen molar-refractivity contribution in [2.45, 2.75) is 24.5 Å². The molecule has 0 unspecified atom stereocenters. The summed E-state index contributed by atoms with van der Waals surface area (Å²) in [6, 6.07) is 10.9. The molecule has 0 spiro atoms. The number of piperidine rings is 1. The third-order valence-corrected chi connectivity index (χ3v) is 7.19. The summed E-state index contributed by atoms with van der Waals surface area (Å²) in [5.74, 6) is 0.0105. The average Bonchev–Trinajstić information content (AvgIpc) is 3.31. The van der Waals surface area contributed by atoms with Crippen molar-refractivity contribution in [3.8, 4) is 0 Å². The van der Waals surface area contributed by atoms with Crippen LogP contribution >= 0.6 is 0 Å². The summed E-state index contributed by atoms with van der Waals surface area (Å²) in [7, 11) is -3.50. The zero-order valence-corrected chi connectivity index (χ0v) is 14.6. The largest absolute Gasteiger partial charge is 0.459 e. The van der Waals surface area contributed by atoms with Crippen molar-refractivity contribution in [1.82, 2.24) is 4.90 Å². The van der Waals surface area contributed by atoms with E-state index in [9.17, 15) is 13.2 Å². The number of nitrogens with zero attached hydrogens (tertiary/aromatic N) is 2. The molecule has 1 aromatic carbocycles. The molecule has 6 nitrogen and oxygen atoms in total. The van der Waals surface area contributed by atoms with Gasteiger partial charge in [0.05, 0.1) is 17.2 Å². The normalized spacial score (nSPS) is 20.6. The zero-order valence-electron chi connectivity index (χ0n) is 13.8. The minimum atomic E-state index is -3.50. The molecule has 0 saturated carbocycles. The predicted octanol–water partition coefficient (Wildman–Crippen LogP) is 2.28. The lowest BCUT2D eigenvalue weighted by molar-refractivity contribution is 0.0694. The van der Waals surface area contributed by atoms with E-state index in [1.165, 1.54) is 10.6 Å². The maximum Gasteiger partial charge on any atom is 0.289 e. The molecule has 25 heavy (non-hydrogen) atoms. The SMILES string of the molecule is O=C(c1ccco1)N1CCC[C@@H](S(=O)(=O)N2CCc3ccccc32)C1.